The summed E-state index contributed by atoms with van der Waals surface area (Å²) >= 11 is 0. The summed E-state index contributed by atoms with van der Waals surface area (Å²) in [7, 11) is -3.86. The third-order valence-corrected chi connectivity index (χ3v) is 4.35. The van der Waals surface area contributed by atoms with Gasteiger partial charge < -0.3 is 13.7 Å². The van der Waals surface area contributed by atoms with Crippen molar-refractivity contribution in [1.29, 1.82) is 0 Å². The molecular formula is C17H20O5S. The predicted molar refractivity (Wildman–Crippen MR) is 87.4 cm³/mol. The highest BCUT2D eigenvalue weighted by Crippen LogP contribution is 2.23. The van der Waals surface area contributed by atoms with Crippen molar-refractivity contribution in [2.75, 3.05) is 19.8 Å². The Morgan fingerprint density at radius 3 is 2.30 bits per heavy atom. The van der Waals surface area contributed by atoms with Gasteiger partial charge in [0, 0.05) is 6.61 Å². The van der Waals surface area contributed by atoms with Crippen molar-refractivity contribution < 1.29 is 22.1 Å². The second-order valence-corrected chi connectivity index (χ2v) is 6.37. The summed E-state index contributed by atoms with van der Waals surface area (Å²) in [6.07, 6.45) is 0. The van der Waals surface area contributed by atoms with E-state index in [-0.39, 0.29) is 4.90 Å². The first kappa shape index (κ1) is 17.3. The average molecular weight is 336 g/mol. The topological polar surface area (TPSA) is 61.8 Å². The van der Waals surface area contributed by atoms with Crippen molar-refractivity contribution in [3.8, 4) is 11.5 Å². The van der Waals surface area contributed by atoms with Gasteiger partial charge in [0.2, 0.25) is 0 Å². The number of para-hydroxylation sites is 1. The highest BCUT2D eigenvalue weighted by molar-refractivity contribution is 7.87. The zero-order valence-electron chi connectivity index (χ0n) is 13.2. The number of benzene rings is 2. The lowest BCUT2D eigenvalue weighted by Gasteiger charge is -2.10. The van der Waals surface area contributed by atoms with Gasteiger partial charge in [-0.3, -0.25) is 0 Å². The molecule has 23 heavy (non-hydrogen) atoms. The summed E-state index contributed by atoms with van der Waals surface area (Å²) in [6.45, 7) is 5.25. The standard InChI is InChI=1S/C17H20O5S/c1-3-20-12-13-21-15-8-10-16(11-9-15)23(18,19)22-17-7-5-4-6-14(17)2/h4-11H,3,12-13H2,1-2H3. The second-order valence-electron chi connectivity index (χ2n) is 4.82. The molecule has 6 heteroatoms. The summed E-state index contributed by atoms with van der Waals surface area (Å²) in [6, 6.07) is 13.1. The predicted octanol–water partition coefficient (Wildman–Crippen LogP) is 3.18. The van der Waals surface area contributed by atoms with Crippen LogP contribution in [0.5, 0.6) is 11.5 Å². The zero-order valence-corrected chi connectivity index (χ0v) is 14.0. The fourth-order valence-electron chi connectivity index (χ4n) is 1.88. The number of aryl methyl sites for hydroxylation is 1. The van der Waals surface area contributed by atoms with Crippen LogP contribution in [0, 0.1) is 6.92 Å². The average Bonchev–Trinajstić information content (AvgIpc) is 2.54. The number of hydrogen-bond donors (Lipinski definition) is 0. The Bertz CT molecular complexity index is 723. The van der Waals surface area contributed by atoms with E-state index in [1.54, 1.807) is 37.3 Å². The van der Waals surface area contributed by atoms with Gasteiger partial charge >= 0.3 is 10.1 Å². The zero-order chi connectivity index (χ0) is 16.7. The molecule has 0 heterocycles. The Kier molecular flexibility index (Phi) is 6.01. The molecule has 0 atom stereocenters. The molecule has 0 aromatic heterocycles. The van der Waals surface area contributed by atoms with Crippen LogP contribution in [-0.2, 0) is 14.9 Å². The van der Waals surface area contributed by atoms with Crippen LogP contribution in [-0.4, -0.2) is 28.2 Å². The first-order chi connectivity index (χ1) is 11.0. The first-order valence-corrected chi connectivity index (χ1v) is 8.74. The van der Waals surface area contributed by atoms with Gasteiger partial charge in [-0.25, -0.2) is 0 Å². The van der Waals surface area contributed by atoms with Gasteiger partial charge in [0.15, 0.2) is 0 Å². The van der Waals surface area contributed by atoms with E-state index in [0.717, 1.165) is 5.56 Å². The van der Waals surface area contributed by atoms with E-state index < -0.39 is 10.1 Å². The maximum atomic E-state index is 12.3. The lowest BCUT2D eigenvalue weighted by Crippen LogP contribution is -2.10. The minimum atomic E-state index is -3.86. The molecule has 0 saturated heterocycles. The largest absolute Gasteiger partial charge is 0.491 e. The van der Waals surface area contributed by atoms with E-state index in [4.69, 9.17) is 13.7 Å². The molecule has 0 radical (unpaired) electrons. The summed E-state index contributed by atoms with van der Waals surface area (Å²) in [4.78, 5) is 0.0814. The molecule has 0 saturated carbocycles. The third-order valence-electron chi connectivity index (χ3n) is 3.11. The molecule has 0 aliphatic rings. The molecule has 124 valence electrons. The summed E-state index contributed by atoms with van der Waals surface area (Å²) in [5.74, 6) is 0.907. The highest BCUT2D eigenvalue weighted by Gasteiger charge is 2.17. The van der Waals surface area contributed by atoms with Gasteiger partial charge in [-0.05, 0) is 49.7 Å². The van der Waals surface area contributed by atoms with Gasteiger partial charge in [-0.2, -0.15) is 8.42 Å². The van der Waals surface area contributed by atoms with Crippen LogP contribution in [0.1, 0.15) is 12.5 Å². The summed E-state index contributed by atoms with van der Waals surface area (Å²) < 4.78 is 40.4. The fraction of sp³-hybridized carbons (Fsp3) is 0.294. The molecule has 0 aliphatic carbocycles. The molecule has 0 bridgehead atoms. The van der Waals surface area contributed by atoms with E-state index in [0.29, 0.717) is 31.3 Å². The SMILES string of the molecule is CCOCCOc1ccc(S(=O)(=O)Oc2ccccc2C)cc1. The molecule has 0 amide bonds. The first-order valence-electron chi connectivity index (χ1n) is 7.33. The van der Waals surface area contributed by atoms with E-state index in [9.17, 15) is 8.42 Å². The molecule has 5 nitrogen and oxygen atoms in total. The Balaban J connectivity index is 2.04. The molecule has 0 spiro atoms. The Morgan fingerprint density at radius 2 is 1.65 bits per heavy atom. The van der Waals surface area contributed by atoms with Gasteiger partial charge in [0.1, 0.15) is 23.0 Å². The van der Waals surface area contributed by atoms with E-state index in [2.05, 4.69) is 0 Å². The summed E-state index contributed by atoms with van der Waals surface area (Å²) in [5, 5.41) is 0. The van der Waals surface area contributed by atoms with Crippen molar-refractivity contribution in [1.82, 2.24) is 0 Å². The molecule has 0 fully saturated rings. The smallest absolute Gasteiger partial charge is 0.339 e. The van der Waals surface area contributed by atoms with E-state index >= 15 is 0 Å². The molecule has 0 unspecified atom stereocenters. The van der Waals surface area contributed by atoms with Crippen molar-refractivity contribution in [2.45, 2.75) is 18.7 Å². The minimum absolute atomic E-state index is 0.0814. The molecule has 0 N–H and O–H groups in total. The van der Waals surface area contributed by atoms with Crippen LogP contribution in [0.25, 0.3) is 0 Å². The maximum Gasteiger partial charge on any atom is 0.339 e. The number of hydrogen-bond acceptors (Lipinski definition) is 5. The number of ether oxygens (including phenoxy) is 2. The van der Waals surface area contributed by atoms with Crippen molar-refractivity contribution in [3.05, 3.63) is 54.1 Å². The maximum absolute atomic E-state index is 12.3. The van der Waals surface area contributed by atoms with Crippen LogP contribution in [0.3, 0.4) is 0 Å². The number of rotatable bonds is 8. The minimum Gasteiger partial charge on any atom is -0.491 e. The Morgan fingerprint density at radius 1 is 0.957 bits per heavy atom. The Labute approximate surface area is 136 Å². The second kappa shape index (κ2) is 7.99. The fourth-order valence-corrected chi connectivity index (χ4v) is 2.87. The third kappa shape index (κ3) is 4.97. The van der Waals surface area contributed by atoms with E-state index in [1.165, 1.54) is 12.1 Å². The van der Waals surface area contributed by atoms with Crippen molar-refractivity contribution >= 4 is 10.1 Å². The van der Waals surface area contributed by atoms with E-state index in [1.807, 2.05) is 13.0 Å². The lowest BCUT2D eigenvalue weighted by molar-refractivity contribution is 0.110. The van der Waals surface area contributed by atoms with Crippen molar-refractivity contribution in [3.63, 3.8) is 0 Å². The molecule has 2 aromatic carbocycles. The van der Waals surface area contributed by atoms with Crippen LogP contribution in [0.15, 0.2) is 53.4 Å². The summed E-state index contributed by atoms with van der Waals surface area (Å²) in [5.41, 5.74) is 0.756. The van der Waals surface area contributed by atoms with Crippen molar-refractivity contribution in [2.24, 2.45) is 0 Å². The molecule has 2 aromatic rings. The van der Waals surface area contributed by atoms with Gasteiger partial charge in [-0.1, -0.05) is 18.2 Å². The normalized spacial score (nSPS) is 11.2. The Hall–Kier alpha value is -2.05. The van der Waals surface area contributed by atoms with Gasteiger partial charge in [0.25, 0.3) is 0 Å². The molecular weight excluding hydrogens is 316 g/mol. The van der Waals surface area contributed by atoms with Crippen LogP contribution >= 0.6 is 0 Å². The highest BCUT2D eigenvalue weighted by atomic mass is 32.2. The monoisotopic (exact) mass is 336 g/mol. The molecule has 0 aliphatic heterocycles. The lowest BCUT2D eigenvalue weighted by atomic mass is 10.2. The van der Waals surface area contributed by atoms with Crippen LogP contribution < -0.4 is 8.92 Å². The van der Waals surface area contributed by atoms with Crippen LogP contribution in [0.2, 0.25) is 0 Å². The van der Waals surface area contributed by atoms with Crippen LogP contribution in [0.4, 0.5) is 0 Å². The molecule has 2 rings (SSSR count). The van der Waals surface area contributed by atoms with Gasteiger partial charge in [-0.15, -0.1) is 0 Å². The van der Waals surface area contributed by atoms with Gasteiger partial charge in [0.05, 0.1) is 6.61 Å². The quantitative estimate of drug-likeness (QED) is 0.547.